The fraction of sp³-hybridized carbons (Fsp3) is 0.550. The van der Waals surface area contributed by atoms with Gasteiger partial charge in [0.25, 0.3) is 0 Å². The Morgan fingerprint density at radius 1 is 1.11 bits per heavy atom. The average molecular weight is 390 g/mol. The Bertz CT molecular complexity index is 655. The molecule has 0 aliphatic carbocycles. The quantitative estimate of drug-likeness (QED) is 0.581. The number of hydrogen-bond donors (Lipinski definition) is 1. The van der Waals surface area contributed by atoms with E-state index < -0.39 is 0 Å². The van der Waals surface area contributed by atoms with Crippen LogP contribution in [0.25, 0.3) is 0 Å². The monoisotopic (exact) mass is 389 g/mol. The maximum absolute atomic E-state index is 11.9. The smallest absolute Gasteiger partial charge is 0.409 e. The van der Waals surface area contributed by atoms with Gasteiger partial charge in [-0.15, -0.1) is 0 Å². The predicted molar refractivity (Wildman–Crippen MR) is 109 cm³/mol. The number of guanidine groups is 1. The third-order valence-electron chi connectivity index (χ3n) is 4.51. The van der Waals surface area contributed by atoms with Crippen LogP contribution in [-0.2, 0) is 16.0 Å². The highest BCUT2D eigenvalue weighted by Crippen LogP contribution is 2.05. The van der Waals surface area contributed by atoms with Crippen LogP contribution in [0.1, 0.15) is 12.5 Å². The normalized spacial score (nSPS) is 14.6. The molecule has 0 atom stereocenters. The molecule has 0 bridgehead atoms. The number of nitrogens with one attached hydrogen (secondary N) is 1. The molecule has 1 aromatic carbocycles. The number of hydrogen-bond acceptors (Lipinski definition) is 4. The van der Waals surface area contributed by atoms with E-state index in [1.165, 1.54) is 10.5 Å². The lowest BCUT2D eigenvalue weighted by molar-refractivity contribution is -0.127. The highest BCUT2D eigenvalue weighted by molar-refractivity contribution is 5.85. The first-order valence-electron chi connectivity index (χ1n) is 9.70. The van der Waals surface area contributed by atoms with Crippen molar-refractivity contribution in [1.82, 2.24) is 20.0 Å². The number of nitrogens with zero attached hydrogens (tertiary/aromatic N) is 4. The summed E-state index contributed by atoms with van der Waals surface area (Å²) in [5.41, 5.74) is 1.24. The maximum atomic E-state index is 11.9. The second-order valence-electron chi connectivity index (χ2n) is 6.76. The van der Waals surface area contributed by atoms with E-state index in [2.05, 4.69) is 27.3 Å². The third kappa shape index (κ3) is 6.75. The van der Waals surface area contributed by atoms with Crippen molar-refractivity contribution in [2.45, 2.75) is 13.3 Å². The summed E-state index contributed by atoms with van der Waals surface area (Å²) >= 11 is 0. The molecule has 0 spiro atoms. The summed E-state index contributed by atoms with van der Waals surface area (Å²) in [6.07, 6.45) is 0.588. The minimum Gasteiger partial charge on any atom is -0.450 e. The largest absolute Gasteiger partial charge is 0.450 e. The number of carbonyl (C=O) groups excluding carboxylic acids is 2. The van der Waals surface area contributed by atoms with Crippen molar-refractivity contribution in [1.29, 1.82) is 0 Å². The summed E-state index contributed by atoms with van der Waals surface area (Å²) < 4.78 is 5.07. The topological polar surface area (TPSA) is 77.5 Å². The first-order chi connectivity index (χ1) is 13.5. The lowest BCUT2D eigenvalue weighted by atomic mass is 10.1. The van der Waals surface area contributed by atoms with E-state index in [0.29, 0.717) is 38.7 Å². The molecular weight excluding hydrogens is 358 g/mol. The zero-order valence-electron chi connectivity index (χ0n) is 17.1. The first-order valence-corrected chi connectivity index (χ1v) is 9.70. The number of aliphatic imine (C=N–C) groups is 1. The van der Waals surface area contributed by atoms with Gasteiger partial charge < -0.3 is 24.8 Å². The van der Waals surface area contributed by atoms with Crippen LogP contribution in [0.3, 0.4) is 0 Å². The summed E-state index contributed by atoms with van der Waals surface area (Å²) in [4.78, 5) is 33.7. The van der Waals surface area contributed by atoms with Crippen LogP contribution in [0, 0.1) is 0 Å². The van der Waals surface area contributed by atoms with Gasteiger partial charge in [-0.25, -0.2) is 9.79 Å². The Kier molecular flexibility index (Phi) is 8.58. The molecule has 0 aromatic heterocycles. The van der Waals surface area contributed by atoms with Crippen LogP contribution in [-0.4, -0.2) is 92.6 Å². The molecule has 1 aliphatic rings. The van der Waals surface area contributed by atoms with Crippen molar-refractivity contribution in [2.24, 2.45) is 4.99 Å². The number of benzene rings is 1. The predicted octanol–water partition coefficient (Wildman–Crippen LogP) is 1.04. The molecule has 1 aliphatic heterocycles. The summed E-state index contributed by atoms with van der Waals surface area (Å²) in [5, 5.41) is 3.37. The molecule has 154 valence electrons. The van der Waals surface area contributed by atoms with Gasteiger partial charge in [0, 0.05) is 46.8 Å². The summed E-state index contributed by atoms with van der Waals surface area (Å²) in [5.74, 6) is 0.655. The van der Waals surface area contributed by atoms with E-state index in [9.17, 15) is 9.59 Å². The SMILES string of the molecule is CCOC(=O)N1CCN(C(=NCC(=O)N(C)C)NCCc2ccccc2)CC1. The maximum Gasteiger partial charge on any atom is 0.409 e. The summed E-state index contributed by atoms with van der Waals surface area (Å²) in [6.45, 7) is 5.42. The lowest BCUT2D eigenvalue weighted by Crippen LogP contribution is -2.54. The first kappa shape index (κ1) is 21.5. The van der Waals surface area contributed by atoms with Crippen LogP contribution >= 0.6 is 0 Å². The van der Waals surface area contributed by atoms with Gasteiger partial charge >= 0.3 is 6.09 Å². The van der Waals surface area contributed by atoms with Gasteiger partial charge in [-0.05, 0) is 18.9 Å². The molecule has 0 radical (unpaired) electrons. The Morgan fingerprint density at radius 3 is 2.36 bits per heavy atom. The molecule has 1 N–H and O–H groups in total. The Hall–Kier alpha value is -2.77. The highest BCUT2D eigenvalue weighted by atomic mass is 16.6. The van der Waals surface area contributed by atoms with Gasteiger partial charge in [-0.3, -0.25) is 4.79 Å². The van der Waals surface area contributed by atoms with Crippen LogP contribution in [0.4, 0.5) is 4.79 Å². The zero-order valence-corrected chi connectivity index (χ0v) is 17.1. The molecule has 1 heterocycles. The molecule has 0 saturated carbocycles. The van der Waals surface area contributed by atoms with Gasteiger partial charge in [0.1, 0.15) is 6.54 Å². The molecule has 28 heavy (non-hydrogen) atoms. The van der Waals surface area contributed by atoms with Crippen molar-refractivity contribution in [3.63, 3.8) is 0 Å². The van der Waals surface area contributed by atoms with E-state index in [0.717, 1.165) is 13.0 Å². The van der Waals surface area contributed by atoms with Crippen LogP contribution < -0.4 is 5.32 Å². The van der Waals surface area contributed by atoms with Crippen molar-refractivity contribution >= 4 is 18.0 Å². The van der Waals surface area contributed by atoms with E-state index in [-0.39, 0.29) is 18.5 Å². The van der Waals surface area contributed by atoms with E-state index in [1.54, 1.807) is 25.9 Å². The van der Waals surface area contributed by atoms with Gasteiger partial charge in [0.05, 0.1) is 6.61 Å². The van der Waals surface area contributed by atoms with Gasteiger partial charge in [0.15, 0.2) is 5.96 Å². The van der Waals surface area contributed by atoms with Crippen molar-refractivity contribution in [3.8, 4) is 0 Å². The van der Waals surface area contributed by atoms with Crippen molar-refractivity contribution < 1.29 is 14.3 Å². The fourth-order valence-corrected chi connectivity index (χ4v) is 2.83. The Morgan fingerprint density at radius 2 is 1.75 bits per heavy atom. The summed E-state index contributed by atoms with van der Waals surface area (Å²) in [6, 6.07) is 10.2. The fourth-order valence-electron chi connectivity index (χ4n) is 2.83. The molecule has 8 heteroatoms. The minimum absolute atomic E-state index is 0.0486. The van der Waals surface area contributed by atoms with Crippen LogP contribution in [0.2, 0.25) is 0 Å². The number of ether oxygens (including phenoxy) is 1. The number of likely N-dealkylation sites (N-methyl/N-ethyl adjacent to an activating group) is 1. The minimum atomic E-state index is -0.277. The van der Waals surface area contributed by atoms with E-state index >= 15 is 0 Å². The molecule has 1 aromatic rings. The Balaban J connectivity index is 1.95. The molecule has 2 amide bonds. The molecule has 1 fully saturated rings. The van der Waals surface area contributed by atoms with Crippen molar-refractivity contribution in [3.05, 3.63) is 35.9 Å². The third-order valence-corrected chi connectivity index (χ3v) is 4.51. The van der Waals surface area contributed by atoms with Crippen LogP contribution in [0.15, 0.2) is 35.3 Å². The number of carbonyl (C=O) groups is 2. The van der Waals surface area contributed by atoms with Crippen LogP contribution in [0.5, 0.6) is 0 Å². The zero-order chi connectivity index (χ0) is 20.4. The molecule has 2 rings (SSSR count). The molecule has 1 saturated heterocycles. The summed E-state index contributed by atoms with van der Waals surface area (Å²) in [7, 11) is 3.44. The Labute approximate surface area is 167 Å². The average Bonchev–Trinajstić information content (AvgIpc) is 2.71. The number of amides is 2. The molecular formula is C20H31N5O3. The second-order valence-corrected chi connectivity index (χ2v) is 6.76. The van der Waals surface area contributed by atoms with E-state index in [4.69, 9.17) is 4.74 Å². The molecule has 8 nitrogen and oxygen atoms in total. The number of piperazine rings is 1. The van der Waals surface area contributed by atoms with Gasteiger partial charge in [-0.1, -0.05) is 30.3 Å². The second kappa shape index (κ2) is 11.2. The number of rotatable bonds is 6. The van der Waals surface area contributed by atoms with Gasteiger partial charge in [-0.2, -0.15) is 0 Å². The highest BCUT2D eigenvalue weighted by Gasteiger charge is 2.24. The van der Waals surface area contributed by atoms with E-state index in [1.807, 2.05) is 18.2 Å². The van der Waals surface area contributed by atoms with Gasteiger partial charge in [0.2, 0.25) is 5.91 Å². The molecule has 0 unspecified atom stereocenters. The standard InChI is InChI=1S/C20H31N5O3/c1-4-28-20(27)25-14-12-24(13-15-25)19(22-16-18(26)23(2)3)21-11-10-17-8-6-5-7-9-17/h5-9H,4,10-16H2,1-3H3,(H,21,22). The van der Waals surface area contributed by atoms with Crippen molar-refractivity contribution in [2.75, 3.05) is 60.0 Å². The lowest BCUT2D eigenvalue weighted by Gasteiger charge is -2.36.